The molecule has 0 aromatic heterocycles. The number of carbonyl (C=O) groups excluding carboxylic acids is 1. The Labute approximate surface area is 114 Å². The predicted octanol–water partition coefficient (Wildman–Crippen LogP) is 2.62. The first-order valence-electron chi connectivity index (χ1n) is 7.06. The molecular weight excluding hydrogens is 238 g/mol. The highest BCUT2D eigenvalue weighted by Crippen LogP contribution is 2.25. The van der Waals surface area contributed by atoms with Crippen molar-refractivity contribution in [3.05, 3.63) is 23.8 Å². The van der Waals surface area contributed by atoms with Gasteiger partial charge < -0.3 is 16.4 Å². The van der Waals surface area contributed by atoms with Gasteiger partial charge in [0, 0.05) is 19.2 Å². The zero-order valence-corrected chi connectivity index (χ0v) is 11.5. The number of nitrogens with one attached hydrogen (secondary N) is 2. The summed E-state index contributed by atoms with van der Waals surface area (Å²) < 4.78 is 0. The van der Waals surface area contributed by atoms with Crippen molar-refractivity contribution in [2.24, 2.45) is 5.92 Å². The van der Waals surface area contributed by atoms with Gasteiger partial charge in [0.1, 0.15) is 0 Å². The van der Waals surface area contributed by atoms with Gasteiger partial charge >= 0.3 is 0 Å². The summed E-state index contributed by atoms with van der Waals surface area (Å²) in [4.78, 5) is 11.5. The van der Waals surface area contributed by atoms with Gasteiger partial charge in [-0.1, -0.05) is 19.3 Å². The molecule has 0 radical (unpaired) electrons. The Balaban J connectivity index is 1.95. The van der Waals surface area contributed by atoms with E-state index in [1.54, 1.807) is 19.2 Å². The van der Waals surface area contributed by atoms with Gasteiger partial charge in [0.15, 0.2) is 0 Å². The van der Waals surface area contributed by atoms with E-state index in [9.17, 15) is 4.79 Å². The van der Waals surface area contributed by atoms with E-state index in [0.717, 1.165) is 18.2 Å². The molecule has 0 aliphatic heterocycles. The van der Waals surface area contributed by atoms with E-state index in [1.165, 1.54) is 32.1 Å². The van der Waals surface area contributed by atoms with E-state index < -0.39 is 0 Å². The maximum Gasteiger partial charge on any atom is 0.251 e. The van der Waals surface area contributed by atoms with Crippen molar-refractivity contribution in [2.45, 2.75) is 32.1 Å². The molecule has 0 saturated heterocycles. The molecule has 4 heteroatoms. The van der Waals surface area contributed by atoms with Crippen molar-refractivity contribution in [1.29, 1.82) is 0 Å². The van der Waals surface area contributed by atoms with Gasteiger partial charge in [0.2, 0.25) is 0 Å². The Morgan fingerprint density at radius 1 is 1.32 bits per heavy atom. The number of hydrogen-bond acceptors (Lipinski definition) is 3. The highest BCUT2D eigenvalue weighted by atomic mass is 16.1. The molecule has 0 atom stereocenters. The minimum Gasteiger partial charge on any atom is -0.397 e. The number of rotatable bonds is 4. The molecule has 0 spiro atoms. The van der Waals surface area contributed by atoms with Gasteiger partial charge in [-0.15, -0.1) is 0 Å². The molecule has 1 aromatic rings. The summed E-state index contributed by atoms with van der Waals surface area (Å²) in [6, 6.07) is 5.42. The summed E-state index contributed by atoms with van der Waals surface area (Å²) >= 11 is 0. The lowest BCUT2D eigenvalue weighted by Crippen LogP contribution is -2.19. The topological polar surface area (TPSA) is 67.2 Å². The molecule has 104 valence electrons. The van der Waals surface area contributed by atoms with Crippen molar-refractivity contribution >= 4 is 17.3 Å². The van der Waals surface area contributed by atoms with Crippen LogP contribution in [0.15, 0.2) is 18.2 Å². The van der Waals surface area contributed by atoms with Gasteiger partial charge in [0.05, 0.1) is 11.4 Å². The first-order chi connectivity index (χ1) is 9.20. The molecule has 0 unspecified atom stereocenters. The molecule has 19 heavy (non-hydrogen) atoms. The molecule has 1 saturated carbocycles. The second-order valence-corrected chi connectivity index (χ2v) is 5.27. The number of hydrogen-bond donors (Lipinski definition) is 3. The Hall–Kier alpha value is -1.71. The third kappa shape index (κ3) is 3.63. The van der Waals surface area contributed by atoms with Crippen LogP contribution in [0.3, 0.4) is 0 Å². The zero-order chi connectivity index (χ0) is 13.7. The highest BCUT2D eigenvalue weighted by molar-refractivity contribution is 5.95. The van der Waals surface area contributed by atoms with Crippen LogP contribution in [0, 0.1) is 5.92 Å². The lowest BCUT2D eigenvalue weighted by molar-refractivity contribution is 0.0963. The third-order valence-electron chi connectivity index (χ3n) is 3.85. The first-order valence-corrected chi connectivity index (χ1v) is 7.06. The van der Waals surface area contributed by atoms with Crippen molar-refractivity contribution in [1.82, 2.24) is 5.32 Å². The van der Waals surface area contributed by atoms with Gasteiger partial charge in [-0.2, -0.15) is 0 Å². The number of anilines is 2. The molecule has 4 nitrogen and oxygen atoms in total. The van der Waals surface area contributed by atoms with E-state index in [1.807, 2.05) is 6.07 Å². The Bertz CT molecular complexity index is 439. The van der Waals surface area contributed by atoms with Crippen molar-refractivity contribution in [2.75, 3.05) is 24.6 Å². The SMILES string of the molecule is CNC(=O)c1ccc(NCC2CCCCC2)c(N)c1. The van der Waals surface area contributed by atoms with Gasteiger partial charge in [-0.3, -0.25) is 4.79 Å². The number of nitrogens with two attached hydrogens (primary N) is 1. The lowest BCUT2D eigenvalue weighted by Gasteiger charge is -2.22. The smallest absolute Gasteiger partial charge is 0.251 e. The summed E-state index contributed by atoms with van der Waals surface area (Å²) in [6.45, 7) is 0.976. The Morgan fingerprint density at radius 2 is 2.05 bits per heavy atom. The van der Waals surface area contributed by atoms with Crippen LogP contribution in [-0.2, 0) is 0 Å². The van der Waals surface area contributed by atoms with Crippen molar-refractivity contribution in [3.8, 4) is 0 Å². The summed E-state index contributed by atoms with van der Waals surface area (Å²) in [5.74, 6) is 0.650. The molecule has 0 heterocycles. The average Bonchev–Trinajstić information content (AvgIpc) is 2.46. The third-order valence-corrected chi connectivity index (χ3v) is 3.85. The maximum atomic E-state index is 11.5. The maximum absolute atomic E-state index is 11.5. The lowest BCUT2D eigenvalue weighted by atomic mass is 9.89. The minimum absolute atomic E-state index is 0.106. The van der Waals surface area contributed by atoms with Crippen LogP contribution in [0.4, 0.5) is 11.4 Å². The normalized spacial score (nSPS) is 16.1. The zero-order valence-electron chi connectivity index (χ0n) is 11.5. The summed E-state index contributed by atoms with van der Waals surface area (Å²) in [6.07, 6.45) is 6.68. The van der Waals surface area contributed by atoms with Crippen LogP contribution in [0.1, 0.15) is 42.5 Å². The predicted molar refractivity (Wildman–Crippen MR) is 79.3 cm³/mol. The highest BCUT2D eigenvalue weighted by Gasteiger charge is 2.13. The molecule has 4 N–H and O–H groups in total. The van der Waals surface area contributed by atoms with E-state index in [4.69, 9.17) is 5.73 Å². The van der Waals surface area contributed by atoms with Crippen molar-refractivity contribution in [3.63, 3.8) is 0 Å². The molecule has 1 fully saturated rings. The van der Waals surface area contributed by atoms with Crippen LogP contribution in [0.25, 0.3) is 0 Å². The van der Waals surface area contributed by atoms with Gasteiger partial charge in [-0.25, -0.2) is 0 Å². The molecule has 0 bridgehead atoms. The summed E-state index contributed by atoms with van der Waals surface area (Å²) in [7, 11) is 1.62. The summed E-state index contributed by atoms with van der Waals surface area (Å²) in [5.41, 5.74) is 8.15. The standard InChI is InChI=1S/C15H23N3O/c1-17-15(19)12-7-8-14(13(16)9-12)18-10-11-5-3-2-4-6-11/h7-9,11,18H,2-6,10,16H2,1H3,(H,17,19). The van der Waals surface area contributed by atoms with E-state index in [-0.39, 0.29) is 5.91 Å². The van der Waals surface area contributed by atoms with Crippen molar-refractivity contribution < 1.29 is 4.79 Å². The first kappa shape index (κ1) is 13.7. The molecular formula is C15H23N3O. The van der Waals surface area contributed by atoms with E-state index in [0.29, 0.717) is 11.3 Å². The van der Waals surface area contributed by atoms with E-state index >= 15 is 0 Å². The fourth-order valence-corrected chi connectivity index (χ4v) is 2.65. The number of benzene rings is 1. The fraction of sp³-hybridized carbons (Fsp3) is 0.533. The number of amides is 1. The van der Waals surface area contributed by atoms with Gasteiger partial charge in [-0.05, 0) is 37.0 Å². The van der Waals surface area contributed by atoms with Crippen LogP contribution in [0.5, 0.6) is 0 Å². The summed E-state index contributed by atoms with van der Waals surface area (Å²) in [5, 5.41) is 6.01. The largest absolute Gasteiger partial charge is 0.397 e. The van der Waals surface area contributed by atoms with E-state index in [2.05, 4.69) is 10.6 Å². The molecule has 1 aliphatic rings. The van der Waals surface area contributed by atoms with Crippen LogP contribution in [-0.4, -0.2) is 19.5 Å². The monoisotopic (exact) mass is 261 g/mol. The molecule has 1 amide bonds. The number of carbonyl (C=O) groups is 1. The number of nitrogen functional groups attached to an aromatic ring is 1. The van der Waals surface area contributed by atoms with Crippen LogP contribution in [0.2, 0.25) is 0 Å². The molecule has 1 aromatic carbocycles. The average molecular weight is 261 g/mol. The fourth-order valence-electron chi connectivity index (χ4n) is 2.65. The molecule has 1 aliphatic carbocycles. The minimum atomic E-state index is -0.106. The Kier molecular flexibility index (Phi) is 4.66. The second-order valence-electron chi connectivity index (χ2n) is 5.27. The Morgan fingerprint density at radius 3 is 2.68 bits per heavy atom. The van der Waals surface area contributed by atoms with Crippen LogP contribution >= 0.6 is 0 Å². The van der Waals surface area contributed by atoms with Gasteiger partial charge in [0.25, 0.3) is 5.91 Å². The second kappa shape index (κ2) is 6.45. The molecule has 2 rings (SSSR count). The quantitative estimate of drug-likeness (QED) is 0.730. The van der Waals surface area contributed by atoms with Crippen LogP contribution < -0.4 is 16.4 Å².